The smallest absolute Gasteiger partial charge is 0.303 e. The third-order valence-electron chi connectivity index (χ3n) is 3.06. The highest BCUT2D eigenvalue weighted by Crippen LogP contribution is 2.11. The molecule has 0 aromatic carbocycles. The van der Waals surface area contributed by atoms with Crippen LogP contribution in [0, 0.1) is 6.92 Å². The van der Waals surface area contributed by atoms with Crippen molar-refractivity contribution in [3.05, 3.63) is 34.2 Å². The summed E-state index contributed by atoms with van der Waals surface area (Å²) in [6, 6.07) is 4.30. The molecule has 0 aliphatic heterocycles. The number of carboxylic acid groups (broad SMARTS) is 1. The van der Waals surface area contributed by atoms with Crippen molar-refractivity contribution in [2.45, 2.75) is 39.2 Å². The zero-order valence-corrected chi connectivity index (χ0v) is 11.8. The van der Waals surface area contributed by atoms with E-state index >= 15 is 0 Å². The average Bonchev–Trinajstić information content (AvgIpc) is 2.38. The molecule has 2 N–H and O–H groups in total. The van der Waals surface area contributed by atoms with E-state index in [1.807, 2.05) is 6.92 Å². The number of pyridine rings is 1. The zero-order chi connectivity index (χ0) is 15.1. The first kappa shape index (κ1) is 15.9. The molecule has 1 unspecified atom stereocenters. The summed E-state index contributed by atoms with van der Waals surface area (Å²) in [6.07, 6.45) is 0.886. The molecule has 110 valence electrons. The molecule has 0 spiro atoms. The minimum Gasteiger partial charge on any atom is -0.481 e. The van der Waals surface area contributed by atoms with Crippen LogP contribution in [0.1, 0.15) is 37.9 Å². The molecule has 20 heavy (non-hydrogen) atoms. The second-order valence-corrected chi connectivity index (χ2v) is 4.59. The number of hydrogen-bond donors (Lipinski definition) is 2. The maximum atomic E-state index is 12.1. The molecule has 1 rings (SSSR count). The molecule has 0 saturated carbocycles. The Morgan fingerprint density at radius 3 is 2.65 bits per heavy atom. The van der Waals surface area contributed by atoms with Crippen LogP contribution in [0.15, 0.2) is 23.0 Å². The van der Waals surface area contributed by atoms with E-state index in [1.165, 1.54) is 10.6 Å². The van der Waals surface area contributed by atoms with Crippen LogP contribution >= 0.6 is 0 Å². The molecular formula is C14H20N2O4. The Bertz CT molecular complexity index is 536. The fourth-order valence-electron chi connectivity index (χ4n) is 2.06. The van der Waals surface area contributed by atoms with E-state index in [2.05, 4.69) is 5.32 Å². The molecule has 1 aromatic heterocycles. The number of nitrogens with one attached hydrogen (secondary N) is 1. The Morgan fingerprint density at radius 2 is 2.10 bits per heavy atom. The minimum atomic E-state index is -0.888. The predicted octanol–water partition coefficient (Wildman–Crippen LogP) is 1.09. The van der Waals surface area contributed by atoms with E-state index in [0.29, 0.717) is 19.4 Å². The zero-order valence-electron chi connectivity index (χ0n) is 11.8. The third kappa shape index (κ3) is 4.22. The highest BCUT2D eigenvalue weighted by molar-refractivity contribution is 5.80. The van der Waals surface area contributed by atoms with Crippen LogP contribution in [0.5, 0.6) is 0 Å². The summed E-state index contributed by atoms with van der Waals surface area (Å²) in [5.41, 5.74) is 0.516. The predicted molar refractivity (Wildman–Crippen MR) is 74.6 cm³/mol. The standard InChI is InChI=1S/C14H20N2O4/c1-3-11(14(20)15-9-5-8-13(18)19)16-10(2)6-4-7-12(16)17/h4,6-7,11H,3,5,8-9H2,1-2H3,(H,15,20)(H,18,19). The lowest BCUT2D eigenvalue weighted by molar-refractivity contribution is -0.137. The second kappa shape index (κ2) is 7.47. The second-order valence-electron chi connectivity index (χ2n) is 4.59. The van der Waals surface area contributed by atoms with Gasteiger partial charge < -0.3 is 15.0 Å². The molecule has 0 fully saturated rings. The van der Waals surface area contributed by atoms with Crippen LogP contribution in [-0.2, 0) is 9.59 Å². The first-order valence-electron chi connectivity index (χ1n) is 6.65. The van der Waals surface area contributed by atoms with Crippen LogP contribution in [-0.4, -0.2) is 28.1 Å². The van der Waals surface area contributed by atoms with Gasteiger partial charge in [0.1, 0.15) is 6.04 Å². The van der Waals surface area contributed by atoms with Crippen molar-refractivity contribution in [2.24, 2.45) is 0 Å². The Labute approximate surface area is 117 Å². The van der Waals surface area contributed by atoms with Crippen molar-refractivity contribution in [3.8, 4) is 0 Å². The summed E-state index contributed by atoms with van der Waals surface area (Å²) >= 11 is 0. The van der Waals surface area contributed by atoms with E-state index in [-0.39, 0.29) is 17.9 Å². The van der Waals surface area contributed by atoms with E-state index < -0.39 is 12.0 Å². The third-order valence-corrected chi connectivity index (χ3v) is 3.06. The van der Waals surface area contributed by atoms with Gasteiger partial charge in [0.05, 0.1) is 0 Å². The summed E-state index contributed by atoms with van der Waals surface area (Å²) in [4.78, 5) is 34.4. The topological polar surface area (TPSA) is 88.4 Å². The van der Waals surface area contributed by atoms with E-state index in [0.717, 1.165) is 5.69 Å². The first-order chi connectivity index (χ1) is 9.47. The van der Waals surface area contributed by atoms with Crippen LogP contribution in [0.2, 0.25) is 0 Å². The number of aromatic nitrogens is 1. The van der Waals surface area contributed by atoms with Gasteiger partial charge in [0, 0.05) is 24.7 Å². The number of carboxylic acids is 1. The normalized spacial score (nSPS) is 11.9. The number of rotatable bonds is 7. The van der Waals surface area contributed by atoms with Gasteiger partial charge in [0.2, 0.25) is 5.91 Å². The van der Waals surface area contributed by atoms with Gasteiger partial charge in [-0.3, -0.25) is 14.4 Å². The Kier molecular flexibility index (Phi) is 5.96. The van der Waals surface area contributed by atoms with Gasteiger partial charge in [-0.05, 0) is 25.8 Å². The quantitative estimate of drug-likeness (QED) is 0.732. The van der Waals surface area contributed by atoms with Crippen molar-refractivity contribution < 1.29 is 14.7 Å². The lowest BCUT2D eigenvalue weighted by Gasteiger charge is -2.20. The summed E-state index contributed by atoms with van der Waals surface area (Å²) in [6.45, 7) is 3.91. The van der Waals surface area contributed by atoms with Crippen molar-refractivity contribution in [1.82, 2.24) is 9.88 Å². The number of hydrogen-bond acceptors (Lipinski definition) is 3. The highest BCUT2D eigenvalue weighted by atomic mass is 16.4. The average molecular weight is 280 g/mol. The fraction of sp³-hybridized carbons (Fsp3) is 0.500. The van der Waals surface area contributed by atoms with Gasteiger partial charge in [0.25, 0.3) is 5.56 Å². The molecule has 6 nitrogen and oxygen atoms in total. The molecule has 1 atom stereocenters. The van der Waals surface area contributed by atoms with E-state index in [4.69, 9.17) is 5.11 Å². The van der Waals surface area contributed by atoms with Gasteiger partial charge in [-0.1, -0.05) is 13.0 Å². The minimum absolute atomic E-state index is 0.0153. The van der Waals surface area contributed by atoms with Gasteiger partial charge in [-0.2, -0.15) is 0 Å². The lowest BCUT2D eigenvalue weighted by atomic mass is 10.1. The molecule has 0 saturated heterocycles. The van der Waals surface area contributed by atoms with E-state index in [9.17, 15) is 14.4 Å². The van der Waals surface area contributed by atoms with Gasteiger partial charge in [-0.25, -0.2) is 0 Å². The maximum absolute atomic E-state index is 12.1. The van der Waals surface area contributed by atoms with Crippen molar-refractivity contribution >= 4 is 11.9 Å². The Balaban J connectivity index is 2.73. The lowest BCUT2D eigenvalue weighted by Crippen LogP contribution is -2.38. The van der Waals surface area contributed by atoms with Crippen LogP contribution < -0.4 is 10.9 Å². The molecular weight excluding hydrogens is 260 g/mol. The Morgan fingerprint density at radius 1 is 1.40 bits per heavy atom. The largest absolute Gasteiger partial charge is 0.481 e. The molecule has 0 bridgehead atoms. The van der Waals surface area contributed by atoms with Crippen LogP contribution in [0.4, 0.5) is 0 Å². The molecule has 1 aromatic rings. The molecule has 0 aliphatic rings. The number of aryl methyl sites for hydroxylation is 1. The van der Waals surface area contributed by atoms with Crippen LogP contribution in [0.25, 0.3) is 0 Å². The van der Waals surface area contributed by atoms with Crippen molar-refractivity contribution in [2.75, 3.05) is 6.54 Å². The highest BCUT2D eigenvalue weighted by Gasteiger charge is 2.20. The number of nitrogens with zero attached hydrogens (tertiary/aromatic N) is 1. The molecule has 0 radical (unpaired) electrons. The van der Waals surface area contributed by atoms with Crippen LogP contribution in [0.3, 0.4) is 0 Å². The van der Waals surface area contributed by atoms with E-state index in [1.54, 1.807) is 19.1 Å². The molecule has 1 heterocycles. The summed E-state index contributed by atoms with van der Waals surface area (Å²) in [5.74, 6) is -1.14. The summed E-state index contributed by atoms with van der Waals surface area (Å²) in [7, 11) is 0. The maximum Gasteiger partial charge on any atom is 0.303 e. The molecule has 6 heteroatoms. The fourth-order valence-corrected chi connectivity index (χ4v) is 2.06. The number of aliphatic carboxylic acids is 1. The van der Waals surface area contributed by atoms with Gasteiger partial charge >= 0.3 is 5.97 Å². The molecule has 0 aliphatic carbocycles. The van der Waals surface area contributed by atoms with Crippen molar-refractivity contribution in [1.29, 1.82) is 0 Å². The molecule has 1 amide bonds. The first-order valence-corrected chi connectivity index (χ1v) is 6.65. The number of carbonyl (C=O) groups excluding carboxylic acids is 1. The number of amides is 1. The monoisotopic (exact) mass is 280 g/mol. The Hall–Kier alpha value is -2.11. The van der Waals surface area contributed by atoms with Crippen molar-refractivity contribution in [3.63, 3.8) is 0 Å². The summed E-state index contributed by atoms with van der Waals surface area (Å²) in [5, 5.41) is 11.2. The van der Waals surface area contributed by atoms with Gasteiger partial charge in [-0.15, -0.1) is 0 Å². The number of carbonyl (C=O) groups is 2. The summed E-state index contributed by atoms with van der Waals surface area (Å²) < 4.78 is 1.46. The SMILES string of the molecule is CCC(C(=O)NCCCC(=O)O)n1c(C)cccc1=O. The van der Waals surface area contributed by atoms with Gasteiger partial charge in [0.15, 0.2) is 0 Å².